The van der Waals surface area contributed by atoms with Crippen molar-refractivity contribution in [1.82, 2.24) is 14.8 Å². The third kappa shape index (κ3) is 2.84. The molecule has 0 fully saturated rings. The molecule has 0 atom stereocenters. The van der Waals surface area contributed by atoms with Crippen molar-refractivity contribution in [2.24, 2.45) is 0 Å². The van der Waals surface area contributed by atoms with Crippen LogP contribution in [0, 0.1) is 0 Å². The predicted octanol–water partition coefficient (Wildman–Crippen LogP) is 2.81. The van der Waals surface area contributed by atoms with Crippen LogP contribution in [0.4, 0.5) is 5.95 Å². The molecule has 0 spiro atoms. The zero-order chi connectivity index (χ0) is 14.7. The van der Waals surface area contributed by atoms with Crippen LogP contribution in [0.1, 0.15) is 17.3 Å². The lowest BCUT2D eigenvalue weighted by Gasteiger charge is -2.05. The van der Waals surface area contributed by atoms with Crippen molar-refractivity contribution in [2.75, 3.05) is 5.32 Å². The van der Waals surface area contributed by atoms with Crippen LogP contribution in [0.5, 0.6) is 0 Å². The van der Waals surface area contributed by atoms with Gasteiger partial charge in [-0.05, 0) is 17.7 Å². The van der Waals surface area contributed by atoms with Gasteiger partial charge >= 0.3 is 0 Å². The highest BCUT2D eigenvalue weighted by Crippen LogP contribution is 2.18. The quantitative estimate of drug-likeness (QED) is 0.796. The van der Waals surface area contributed by atoms with Gasteiger partial charge in [-0.15, -0.1) is 5.10 Å². The topological polar surface area (TPSA) is 73.0 Å². The Labute approximate surface area is 121 Å². The third-order valence-electron chi connectivity index (χ3n) is 2.94. The number of carbonyl (C=O) groups excluding carboxylic acids is 1. The summed E-state index contributed by atoms with van der Waals surface area (Å²) in [7, 11) is 0. The molecule has 106 valence electrons. The maximum Gasteiger partial charge on any atom is 0.246 e. The zero-order valence-electron chi connectivity index (χ0n) is 11.5. The lowest BCUT2D eigenvalue weighted by molar-refractivity contribution is 0.0923. The molecule has 2 aromatic heterocycles. The van der Waals surface area contributed by atoms with Crippen molar-refractivity contribution in [3.8, 4) is 11.6 Å². The minimum absolute atomic E-state index is 0.212. The van der Waals surface area contributed by atoms with E-state index in [-0.39, 0.29) is 5.91 Å². The molecule has 3 rings (SSSR count). The van der Waals surface area contributed by atoms with Crippen LogP contribution >= 0.6 is 0 Å². The van der Waals surface area contributed by atoms with Crippen LogP contribution in [-0.4, -0.2) is 20.7 Å². The van der Waals surface area contributed by atoms with Gasteiger partial charge in [0.2, 0.25) is 17.7 Å². The maximum atomic E-state index is 11.7. The summed E-state index contributed by atoms with van der Waals surface area (Å²) in [5, 5.41) is 7.28. The van der Waals surface area contributed by atoms with E-state index in [1.807, 2.05) is 30.3 Å². The van der Waals surface area contributed by atoms with E-state index in [4.69, 9.17) is 4.42 Å². The van der Waals surface area contributed by atoms with E-state index < -0.39 is 0 Å². The highest BCUT2D eigenvalue weighted by molar-refractivity contribution is 5.78. The van der Waals surface area contributed by atoms with Crippen LogP contribution in [-0.2, 0) is 6.54 Å². The van der Waals surface area contributed by atoms with Gasteiger partial charge in [-0.25, -0.2) is 0 Å². The molecule has 0 amide bonds. The van der Waals surface area contributed by atoms with E-state index in [1.54, 1.807) is 18.4 Å². The van der Waals surface area contributed by atoms with Gasteiger partial charge < -0.3 is 9.73 Å². The van der Waals surface area contributed by atoms with Gasteiger partial charge in [0.1, 0.15) is 0 Å². The van der Waals surface area contributed by atoms with Crippen molar-refractivity contribution in [1.29, 1.82) is 0 Å². The fourth-order valence-corrected chi connectivity index (χ4v) is 1.93. The van der Waals surface area contributed by atoms with Crippen molar-refractivity contribution >= 4 is 11.9 Å². The molecule has 0 aliphatic heterocycles. The number of rotatable bonds is 4. The first-order valence-electron chi connectivity index (χ1n) is 6.54. The molecule has 0 unspecified atom stereocenters. The smallest absolute Gasteiger partial charge is 0.246 e. The SMILES string of the molecule is CC(=O)n1nc(-c2ccco2)nc1NCc1ccccc1. The molecule has 0 radical (unpaired) electrons. The fraction of sp³-hybridized carbons (Fsp3) is 0.133. The molecule has 0 bridgehead atoms. The zero-order valence-corrected chi connectivity index (χ0v) is 11.5. The first-order chi connectivity index (χ1) is 10.2. The van der Waals surface area contributed by atoms with Gasteiger partial charge in [-0.3, -0.25) is 4.79 Å². The van der Waals surface area contributed by atoms with Gasteiger partial charge in [0.25, 0.3) is 0 Å². The summed E-state index contributed by atoms with van der Waals surface area (Å²) in [4.78, 5) is 16.0. The molecule has 0 saturated carbocycles. The number of hydrogen-bond donors (Lipinski definition) is 1. The Morgan fingerprint density at radius 1 is 1.24 bits per heavy atom. The van der Waals surface area contributed by atoms with E-state index in [0.717, 1.165) is 5.56 Å². The lowest BCUT2D eigenvalue weighted by atomic mass is 10.2. The molecular formula is C15H14N4O2. The number of carbonyl (C=O) groups is 1. The Balaban J connectivity index is 1.85. The van der Waals surface area contributed by atoms with Crippen molar-refractivity contribution in [2.45, 2.75) is 13.5 Å². The molecule has 21 heavy (non-hydrogen) atoms. The highest BCUT2D eigenvalue weighted by Gasteiger charge is 2.15. The van der Waals surface area contributed by atoms with Crippen LogP contribution in [0.15, 0.2) is 53.1 Å². The molecule has 0 saturated heterocycles. The summed E-state index contributed by atoms with van der Waals surface area (Å²) in [6.45, 7) is 2.00. The molecule has 0 aliphatic rings. The summed E-state index contributed by atoms with van der Waals surface area (Å²) in [6, 6.07) is 13.4. The van der Waals surface area contributed by atoms with E-state index >= 15 is 0 Å². The van der Waals surface area contributed by atoms with E-state index in [2.05, 4.69) is 15.4 Å². The van der Waals surface area contributed by atoms with Crippen LogP contribution in [0.2, 0.25) is 0 Å². The van der Waals surface area contributed by atoms with Crippen LogP contribution in [0.3, 0.4) is 0 Å². The Bertz CT molecular complexity index is 732. The lowest BCUT2D eigenvalue weighted by Crippen LogP contribution is -2.13. The molecule has 1 N–H and O–H groups in total. The van der Waals surface area contributed by atoms with Gasteiger partial charge in [0, 0.05) is 13.5 Å². The second kappa shape index (κ2) is 5.62. The van der Waals surface area contributed by atoms with E-state index in [9.17, 15) is 4.79 Å². The first kappa shape index (κ1) is 13.1. The maximum absolute atomic E-state index is 11.7. The van der Waals surface area contributed by atoms with E-state index in [0.29, 0.717) is 24.1 Å². The molecule has 1 aromatic carbocycles. The average Bonchev–Trinajstić information content (AvgIpc) is 3.15. The number of hydrogen-bond acceptors (Lipinski definition) is 5. The second-order valence-electron chi connectivity index (χ2n) is 4.51. The molecular weight excluding hydrogens is 268 g/mol. The average molecular weight is 282 g/mol. The van der Waals surface area contributed by atoms with E-state index in [1.165, 1.54) is 11.6 Å². The molecule has 0 aliphatic carbocycles. The second-order valence-corrected chi connectivity index (χ2v) is 4.51. The summed E-state index contributed by atoms with van der Waals surface area (Å²) < 4.78 is 6.49. The predicted molar refractivity (Wildman–Crippen MR) is 77.8 cm³/mol. The standard InChI is InChI=1S/C15H14N4O2/c1-11(20)19-15(16-10-12-6-3-2-4-7-12)17-14(18-19)13-8-5-9-21-13/h2-9H,10H2,1H3,(H,16,17,18). The Morgan fingerprint density at radius 2 is 2.05 bits per heavy atom. The Kier molecular flexibility index (Phi) is 3.51. The normalized spacial score (nSPS) is 10.5. The number of nitrogens with zero attached hydrogens (tertiary/aromatic N) is 3. The van der Waals surface area contributed by atoms with Gasteiger partial charge in [-0.1, -0.05) is 30.3 Å². The van der Waals surface area contributed by atoms with Crippen LogP contribution in [0.25, 0.3) is 11.6 Å². The van der Waals surface area contributed by atoms with Gasteiger partial charge in [-0.2, -0.15) is 9.67 Å². The highest BCUT2D eigenvalue weighted by atomic mass is 16.3. The van der Waals surface area contributed by atoms with Crippen molar-refractivity contribution in [3.63, 3.8) is 0 Å². The van der Waals surface area contributed by atoms with Gasteiger partial charge in [0.05, 0.1) is 6.26 Å². The fourth-order valence-electron chi connectivity index (χ4n) is 1.93. The molecule has 2 heterocycles. The number of furan rings is 1. The minimum atomic E-state index is -0.212. The van der Waals surface area contributed by atoms with Crippen molar-refractivity contribution < 1.29 is 9.21 Å². The number of aromatic nitrogens is 3. The van der Waals surface area contributed by atoms with Crippen molar-refractivity contribution in [3.05, 3.63) is 54.3 Å². The largest absolute Gasteiger partial charge is 0.461 e. The molecule has 6 heteroatoms. The summed E-state index contributed by atoms with van der Waals surface area (Å²) in [6.07, 6.45) is 1.54. The summed E-state index contributed by atoms with van der Waals surface area (Å²) in [5.41, 5.74) is 1.09. The first-order valence-corrected chi connectivity index (χ1v) is 6.54. The Morgan fingerprint density at radius 3 is 2.71 bits per heavy atom. The summed E-state index contributed by atoms with van der Waals surface area (Å²) in [5.74, 6) is 1.09. The third-order valence-corrected chi connectivity index (χ3v) is 2.94. The number of anilines is 1. The van der Waals surface area contributed by atoms with Gasteiger partial charge in [0.15, 0.2) is 5.76 Å². The number of nitrogens with one attached hydrogen (secondary N) is 1. The number of benzene rings is 1. The van der Waals surface area contributed by atoms with Crippen LogP contribution < -0.4 is 5.32 Å². The molecule has 3 aromatic rings. The summed E-state index contributed by atoms with van der Waals surface area (Å²) >= 11 is 0. The monoisotopic (exact) mass is 282 g/mol. The molecule has 6 nitrogen and oxygen atoms in total. The Hall–Kier alpha value is -2.89. The minimum Gasteiger partial charge on any atom is -0.461 e.